The second-order valence-electron chi connectivity index (χ2n) is 4.63. The Morgan fingerprint density at radius 1 is 1.26 bits per heavy atom. The van der Waals surface area contributed by atoms with E-state index in [0.29, 0.717) is 5.82 Å². The molecular formula is C15H20N4. The van der Waals surface area contributed by atoms with Gasteiger partial charge in [0.1, 0.15) is 5.69 Å². The Balaban J connectivity index is 2.22. The Hall–Kier alpha value is -1.81. The van der Waals surface area contributed by atoms with E-state index in [1.807, 2.05) is 31.3 Å². The number of nitrogens with zero attached hydrogens (tertiary/aromatic N) is 3. The molecule has 1 unspecified atom stereocenters. The molecule has 0 bridgehead atoms. The fourth-order valence-corrected chi connectivity index (χ4v) is 1.99. The van der Waals surface area contributed by atoms with Crippen molar-refractivity contribution in [1.29, 1.82) is 0 Å². The average Bonchev–Trinajstić information content (AvgIpc) is 2.45. The van der Waals surface area contributed by atoms with E-state index in [9.17, 15) is 0 Å². The van der Waals surface area contributed by atoms with Crippen molar-refractivity contribution in [1.82, 2.24) is 20.3 Å². The van der Waals surface area contributed by atoms with E-state index in [2.05, 4.69) is 34.1 Å². The first-order valence-corrected chi connectivity index (χ1v) is 6.70. The highest BCUT2D eigenvalue weighted by molar-refractivity contribution is 5.48. The Morgan fingerprint density at radius 3 is 2.74 bits per heavy atom. The van der Waals surface area contributed by atoms with Crippen molar-refractivity contribution in [3.8, 4) is 11.5 Å². The van der Waals surface area contributed by atoms with Crippen LogP contribution in [0.2, 0.25) is 0 Å². The molecule has 1 atom stereocenters. The molecule has 0 saturated heterocycles. The van der Waals surface area contributed by atoms with E-state index in [1.165, 1.54) is 0 Å². The molecule has 0 aromatic carbocycles. The number of aryl methyl sites for hydroxylation is 1. The average molecular weight is 256 g/mol. The van der Waals surface area contributed by atoms with Crippen molar-refractivity contribution < 1.29 is 0 Å². The molecule has 100 valence electrons. The van der Waals surface area contributed by atoms with Crippen molar-refractivity contribution in [2.24, 2.45) is 0 Å². The van der Waals surface area contributed by atoms with E-state index in [0.717, 1.165) is 29.9 Å². The Morgan fingerprint density at radius 2 is 2.11 bits per heavy atom. The molecular weight excluding hydrogens is 236 g/mol. The molecule has 4 heteroatoms. The minimum Gasteiger partial charge on any atom is -0.310 e. The molecule has 0 saturated carbocycles. The summed E-state index contributed by atoms with van der Waals surface area (Å²) in [7, 11) is 0. The number of rotatable bonds is 5. The maximum atomic E-state index is 4.56. The summed E-state index contributed by atoms with van der Waals surface area (Å²) in [5, 5.41) is 3.45. The van der Waals surface area contributed by atoms with Crippen molar-refractivity contribution in [2.45, 2.75) is 33.2 Å². The molecule has 2 aromatic heterocycles. The molecule has 0 fully saturated rings. The number of nitrogens with one attached hydrogen (secondary N) is 1. The van der Waals surface area contributed by atoms with Crippen molar-refractivity contribution >= 4 is 0 Å². The predicted molar refractivity (Wildman–Crippen MR) is 76.7 cm³/mol. The summed E-state index contributed by atoms with van der Waals surface area (Å²) in [6.45, 7) is 7.32. The topological polar surface area (TPSA) is 50.7 Å². The number of aromatic nitrogens is 3. The highest BCUT2D eigenvalue weighted by Crippen LogP contribution is 2.18. The van der Waals surface area contributed by atoms with Gasteiger partial charge >= 0.3 is 0 Å². The molecule has 0 aliphatic carbocycles. The summed E-state index contributed by atoms with van der Waals surface area (Å²) in [5.41, 5.74) is 2.96. The minimum atomic E-state index is 0.276. The summed E-state index contributed by atoms with van der Waals surface area (Å²) in [6, 6.07) is 6.03. The van der Waals surface area contributed by atoms with Crippen LogP contribution in [0.25, 0.3) is 11.5 Å². The van der Waals surface area contributed by atoms with E-state index >= 15 is 0 Å². The van der Waals surface area contributed by atoms with Crippen LogP contribution >= 0.6 is 0 Å². The molecule has 0 aliphatic heterocycles. The second-order valence-corrected chi connectivity index (χ2v) is 4.63. The van der Waals surface area contributed by atoms with Gasteiger partial charge < -0.3 is 5.32 Å². The lowest BCUT2D eigenvalue weighted by Crippen LogP contribution is -2.20. The second kappa shape index (κ2) is 6.38. The van der Waals surface area contributed by atoms with Gasteiger partial charge in [-0.1, -0.05) is 13.0 Å². The smallest absolute Gasteiger partial charge is 0.178 e. The van der Waals surface area contributed by atoms with Crippen LogP contribution in [0.15, 0.2) is 30.6 Å². The number of hydrogen-bond acceptors (Lipinski definition) is 4. The van der Waals surface area contributed by atoms with E-state index in [4.69, 9.17) is 0 Å². The Bertz CT molecular complexity index is 525. The van der Waals surface area contributed by atoms with Gasteiger partial charge in [0.2, 0.25) is 0 Å². The molecule has 0 spiro atoms. The normalized spacial score (nSPS) is 12.4. The molecule has 2 heterocycles. The van der Waals surface area contributed by atoms with Gasteiger partial charge in [0.15, 0.2) is 5.82 Å². The molecule has 2 aromatic rings. The standard InChI is InChI=1S/C15H20N4/c1-4-8-16-11(2)13-10-18-15(19-12(13)3)14-7-5-6-9-17-14/h5-7,9-11,16H,4,8H2,1-3H3. The maximum Gasteiger partial charge on any atom is 0.178 e. The highest BCUT2D eigenvalue weighted by atomic mass is 14.9. The number of pyridine rings is 1. The van der Waals surface area contributed by atoms with Gasteiger partial charge in [-0.3, -0.25) is 4.98 Å². The molecule has 2 rings (SSSR count). The molecule has 1 N–H and O–H groups in total. The highest BCUT2D eigenvalue weighted by Gasteiger charge is 2.11. The summed E-state index contributed by atoms with van der Waals surface area (Å²) in [5.74, 6) is 0.685. The zero-order valence-electron chi connectivity index (χ0n) is 11.7. The van der Waals surface area contributed by atoms with Crippen molar-refractivity contribution in [3.63, 3.8) is 0 Å². The predicted octanol–water partition coefficient (Wildman–Crippen LogP) is 2.91. The zero-order valence-corrected chi connectivity index (χ0v) is 11.7. The van der Waals surface area contributed by atoms with E-state index < -0.39 is 0 Å². The van der Waals surface area contributed by atoms with Gasteiger partial charge in [0.05, 0.1) is 0 Å². The fraction of sp³-hybridized carbons (Fsp3) is 0.400. The lowest BCUT2D eigenvalue weighted by Gasteiger charge is -2.15. The Labute approximate surface area is 114 Å². The third kappa shape index (κ3) is 3.35. The number of hydrogen-bond donors (Lipinski definition) is 1. The SMILES string of the molecule is CCCNC(C)c1cnc(-c2ccccn2)nc1C. The van der Waals surface area contributed by atoms with Crippen LogP contribution in [-0.4, -0.2) is 21.5 Å². The van der Waals surface area contributed by atoms with Gasteiger partial charge in [-0.2, -0.15) is 0 Å². The van der Waals surface area contributed by atoms with E-state index in [-0.39, 0.29) is 6.04 Å². The molecule has 4 nitrogen and oxygen atoms in total. The summed E-state index contributed by atoms with van der Waals surface area (Å²) < 4.78 is 0. The van der Waals surface area contributed by atoms with E-state index in [1.54, 1.807) is 6.20 Å². The minimum absolute atomic E-state index is 0.276. The largest absolute Gasteiger partial charge is 0.310 e. The third-order valence-electron chi connectivity index (χ3n) is 3.08. The Kier molecular flexibility index (Phi) is 4.58. The molecule has 0 radical (unpaired) electrons. The first kappa shape index (κ1) is 13.6. The maximum absolute atomic E-state index is 4.56. The van der Waals surface area contributed by atoms with Crippen LogP contribution in [0.1, 0.15) is 37.6 Å². The zero-order chi connectivity index (χ0) is 13.7. The molecule has 0 aliphatic rings. The molecule has 19 heavy (non-hydrogen) atoms. The van der Waals surface area contributed by atoms with Crippen LogP contribution in [-0.2, 0) is 0 Å². The lowest BCUT2D eigenvalue weighted by molar-refractivity contribution is 0.564. The van der Waals surface area contributed by atoms with Crippen molar-refractivity contribution in [2.75, 3.05) is 6.54 Å². The van der Waals surface area contributed by atoms with Gasteiger partial charge in [-0.15, -0.1) is 0 Å². The quantitative estimate of drug-likeness (QED) is 0.893. The van der Waals surface area contributed by atoms with Crippen LogP contribution in [0, 0.1) is 6.92 Å². The monoisotopic (exact) mass is 256 g/mol. The van der Waals surface area contributed by atoms with Gasteiger partial charge in [0.25, 0.3) is 0 Å². The van der Waals surface area contributed by atoms with Crippen LogP contribution < -0.4 is 5.32 Å². The van der Waals surface area contributed by atoms with Gasteiger partial charge in [-0.25, -0.2) is 9.97 Å². The first-order chi connectivity index (χ1) is 9.22. The van der Waals surface area contributed by atoms with Crippen molar-refractivity contribution in [3.05, 3.63) is 41.9 Å². The summed E-state index contributed by atoms with van der Waals surface area (Å²) >= 11 is 0. The summed E-state index contributed by atoms with van der Waals surface area (Å²) in [6.07, 6.45) is 4.78. The van der Waals surface area contributed by atoms with Crippen LogP contribution in [0.4, 0.5) is 0 Å². The van der Waals surface area contributed by atoms with Crippen LogP contribution in [0.3, 0.4) is 0 Å². The third-order valence-corrected chi connectivity index (χ3v) is 3.08. The van der Waals surface area contributed by atoms with Crippen LogP contribution in [0.5, 0.6) is 0 Å². The first-order valence-electron chi connectivity index (χ1n) is 6.70. The fourth-order valence-electron chi connectivity index (χ4n) is 1.99. The lowest BCUT2D eigenvalue weighted by atomic mass is 10.1. The van der Waals surface area contributed by atoms with Gasteiger partial charge in [-0.05, 0) is 38.9 Å². The van der Waals surface area contributed by atoms with Gasteiger partial charge in [0, 0.05) is 29.7 Å². The summed E-state index contributed by atoms with van der Waals surface area (Å²) in [4.78, 5) is 13.3. The molecule has 0 amide bonds.